The van der Waals surface area contributed by atoms with Gasteiger partial charge in [0.2, 0.25) is 11.8 Å². The minimum absolute atomic E-state index is 0.0255. The summed E-state index contributed by atoms with van der Waals surface area (Å²) in [6.45, 7) is 1.84. The molecule has 0 aliphatic carbocycles. The Balaban J connectivity index is 2.30. The van der Waals surface area contributed by atoms with Crippen molar-refractivity contribution < 1.29 is 4.74 Å². The lowest BCUT2D eigenvalue weighted by Gasteiger charge is -2.24. The highest BCUT2D eigenvalue weighted by molar-refractivity contribution is 6.42. The molecule has 7 heteroatoms. The van der Waals surface area contributed by atoms with E-state index < -0.39 is 5.92 Å². The van der Waals surface area contributed by atoms with Gasteiger partial charge in [-0.15, -0.1) is 5.10 Å². The van der Waals surface area contributed by atoms with Gasteiger partial charge in [0.05, 0.1) is 16.0 Å². The van der Waals surface area contributed by atoms with Crippen molar-refractivity contribution in [1.29, 1.82) is 5.26 Å². The Hall–Kier alpha value is -2.16. The summed E-state index contributed by atoms with van der Waals surface area (Å²) in [6, 6.07) is 7.37. The van der Waals surface area contributed by atoms with Crippen LogP contribution < -0.4 is 10.5 Å². The number of hydrogen-bond donors (Lipinski definition) is 2. The van der Waals surface area contributed by atoms with Gasteiger partial charge in [0.1, 0.15) is 11.6 Å². The third-order valence-electron chi connectivity index (χ3n) is 3.42. The summed E-state index contributed by atoms with van der Waals surface area (Å²) in [5.74, 6) is -0.0775. The summed E-state index contributed by atoms with van der Waals surface area (Å²) >= 11 is 12.4. The van der Waals surface area contributed by atoms with E-state index in [0.29, 0.717) is 21.5 Å². The Morgan fingerprint density at radius 3 is 2.90 bits per heavy atom. The number of rotatable bonds is 1. The van der Waals surface area contributed by atoms with E-state index in [4.69, 9.17) is 33.7 Å². The number of allylic oxidation sites excluding steroid dienone is 1. The lowest BCUT2D eigenvalue weighted by atomic mass is 9.84. The summed E-state index contributed by atoms with van der Waals surface area (Å²) in [5, 5.41) is 17.1. The number of nitrogens with one attached hydrogen (secondary N) is 1. The molecular formula is C14H10Cl2N4O. The highest BCUT2D eigenvalue weighted by atomic mass is 35.5. The van der Waals surface area contributed by atoms with Crippen LogP contribution >= 0.6 is 23.2 Å². The fourth-order valence-electron chi connectivity index (χ4n) is 2.45. The highest BCUT2D eigenvalue weighted by Crippen LogP contribution is 2.45. The van der Waals surface area contributed by atoms with Crippen LogP contribution in [0.4, 0.5) is 0 Å². The zero-order valence-electron chi connectivity index (χ0n) is 10.9. The third-order valence-corrected chi connectivity index (χ3v) is 4.26. The molecule has 1 atom stereocenters. The molecule has 1 aromatic heterocycles. The van der Waals surface area contributed by atoms with Crippen LogP contribution in [0.1, 0.15) is 22.7 Å². The van der Waals surface area contributed by atoms with Crippen LogP contribution in [0.25, 0.3) is 0 Å². The van der Waals surface area contributed by atoms with Gasteiger partial charge in [-0.3, -0.25) is 5.10 Å². The molecule has 0 spiro atoms. The number of ether oxygens (including phenoxy) is 1. The molecule has 0 saturated carbocycles. The summed E-state index contributed by atoms with van der Waals surface area (Å²) < 4.78 is 5.39. The van der Waals surface area contributed by atoms with E-state index in [2.05, 4.69) is 16.3 Å². The van der Waals surface area contributed by atoms with Gasteiger partial charge >= 0.3 is 0 Å². The lowest BCUT2D eigenvalue weighted by Crippen LogP contribution is -2.21. The van der Waals surface area contributed by atoms with Crippen LogP contribution in [0.15, 0.2) is 29.7 Å². The van der Waals surface area contributed by atoms with Crippen molar-refractivity contribution in [2.45, 2.75) is 12.8 Å². The summed E-state index contributed by atoms with van der Waals surface area (Å²) in [6.07, 6.45) is 0. The van der Waals surface area contributed by atoms with Crippen LogP contribution in [0.2, 0.25) is 10.0 Å². The van der Waals surface area contributed by atoms with Crippen molar-refractivity contribution in [3.8, 4) is 11.9 Å². The van der Waals surface area contributed by atoms with Gasteiger partial charge in [-0.1, -0.05) is 35.3 Å². The highest BCUT2D eigenvalue weighted by Gasteiger charge is 2.35. The summed E-state index contributed by atoms with van der Waals surface area (Å²) in [4.78, 5) is 0. The maximum Gasteiger partial charge on any atom is 0.244 e. The van der Waals surface area contributed by atoms with E-state index in [1.165, 1.54) is 0 Å². The molecule has 0 saturated heterocycles. The number of fused-ring (bicyclic) bond motifs is 1. The van der Waals surface area contributed by atoms with E-state index in [0.717, 1.165) is 11.3 Å². The predicted octanol–water partition coefficient (Wildman–Crippen LogP) is 3.24. The van der Waals surface area contributed by atoms with Crippen molar-refractivity contribution >= 4 is 23.2 Å². The van der Waals surface area contributed by atoms with Gasteiger partial charge in [-0.05, 0) is 18.6 Å². The summed E-state index contributed by atoms with van der Waals surface area (Å²) in [5.41, 5.74) is 8.34. The lowest BCUT2D eigenvalue weighted by molar-refractivity contribution is 0.379. The van der Waals surface area contributed by atoms with Crippen molar-refractivity contribution in [1.82, 2.24) is 10.2 Å². The largest absolute Gasteiger partial charge is 0.420 e. The number of aromatic nitrogens is 2. The number of hydrogen-bond acceptors (Lipinski definition) is 4. The molecule has 5 nitrogen and oxygen atoms in total. The average Bonchev–Trinajstić information content (AvgIpc) is 2.82. The van der Waals surface area contributed by atoms with Crippen molar-refractivity contribution in [2.24, 2.45) is 5.73 Å². The topological polar surface area (TPSA) is 87.7 Å². The molecule has 3 rings (SSSR count). The summed E-state index contributed by atoms with van der Waals surface area (Å²) in [7, 11) is 0. The number of H-pyrrole nitrogens is 1. The Kier molecular flexibility index (Phi) is 3.28. The molecule has 2 heterocycles. The number of aromatic amines is 1. The van der Waals surface area contributed by atoms with Crippen LogP contribution in [0.3, 0.4) is 0 Å². The molecular weight excluding hydrogens is 311 g/mol. The smallest absolute Gasteiger partial charge is 0.244 e. The SMILES string of the molecule is Cc1[nH]nc2c1C(c1cccc(Cl)c1Cl)C(C#N)=C(N)O2. The van der Waals surface area contributed by atoms with E-state index in [9.17, 15) is 5.26 Å². The van der Waals surface area contributed by atoms with Crippen molar-refractivity contribution in [3.63, 3.8) is 0 Å². The molecule has 1 aliphatic rings. The van der Waals surface area contributed by atoms with E-state index >= 15 is 0 Å². The normalized spacial score (nSPS) is 17.1. The van der Waals surface area contributed by atoms with Gasteiger partial charge < -0.3 is 10.5 Å². The molecule has 1 aliphatic heterocycles. The first-order chi connectivity index (χ1) is 10.0. The molecule has 21 heavy (non-hydrogen) atoms. The molecule has 0 bridgehead atoms. The molecule has 0 radical (unpaired) electrons. The Labute approximate surface area is 130 Å². The number of aryl methyl sites for hydroxylation is 1. The second kappa shape index (κ2) is 4.99. The first-order valence-corrected chi connectivity index (χ1v) is 6.86. The van der Waals surface area contributed by atoms with Gasteiger partial charge in [0, 0.05) is 11.3 Å². The maximum atomic E-state index is 9.43. The Morgan fingerprint density at radius 2 is 2.19 bits per heavy atom. The number of halogens is 2. The van der Waals surface area contributed by atoms with Crippen molar-refractivity contribution in [2.75, 3.05) is 0 Å². The number of nitrogens with zero attached hydrogens (tertiary/aromatic N) is 2. The first-order valence-electron chi connectivity index (χ1n) is 6.11. The minimum atomic E-state index is -0.455. The molecule has 3 N–H and O–H groups in total. The maximum absolute atomic E-state index is 9.43. The number of nitrogens with two attached hydrogens (primary N) is 1. The molecule has 106 valence electrons. The second-order valence-corrected chi connectivity index (χ2v) is 5.42. The monoisotopic (exact) mass is 320 g/mol. The molecule has 2 aromatic rings. The van der Waals surface area contributed by atoms with E-state index in [-0.39, 0.29) is 11.5 Å². The number of nitriles is 1. The second-order valence-electron chi connectivity index (χ2n) is 4.64. The standard InChI is InChI=1S/C14H10Cl2N4O/c1-6-10-11(7-3-2-4-9(15)12(7)16)8(5-17)13(18)21-14(10)20-19-6/h2-4,11H,18H2,1H3,(H,19,20). The first kappa shape index (κ1) is 13.8. The molecule has 1 aromatic carbocycles. The fourth-order valence-corrected chi connectivity index (χ4v) is 2.87. The van der Waals surface area contributed by atoms with E-state index in [1.54, 1.807) is 12.1 Å². The predicted molar refractivity (Wildman–Crippen MR) is 79.1 cm³/mol. The zero-order chi connectivity index (χ0) is 15.1. The third kappa shape index (κ3) is 2.04. The van der Waals surface area contributed by atoms with Crippen LogP contribution in [0, 0.1) is 18.3 Å². The molecule has 0 fully saturated rings. The zero-order valence-corrected chi connectivity index (χ0v) is 12.5. The molecule has 1 unspecified atom stereocenters. The van der Waals surface area contributed by atoms with Gasteiger partial charge in [0.15, 0.2) is 0 Å². The average molecular weight is 321 g/mol. The Morgan fingerprint density at radius 1 is 1.43 bits per heavy atom. The molecule has 0 amide bonds. The van der Waals surface area contributed by atoms with Gasteiger partial charge in [0.25, 0.3) is 0 Å². The quantitative estimate of drug-likeness (QED) is 0.844. The van der Waals surface area contributed by atoms with E-state index in [1.807, 2.05) is 13.0 Å². The van der Waals surface area contributed by atoms with Gasteiger partial charge in [-0.2, -0.15) is 5.26 Å². The number of benzene rings is 1. The van der Waals surface area contributed by atoms with Crippen molar-refractivity contribution in [3.05, 3.63) is 56.5 Å². The van der Waals surface area contributed by atoms with Gasteiger partial charge in [-0.25, -0.2) is 0 Å². The minimum Gasteiger partial charge on any atom is -0.420 e. The van der Waals surface area contributed by atoms with Crippen LogP contribution in [-0.2, 0) is 0 Å². The van der Waals surface area contributed by atoms with Crippen LogP contribution in [0.5, 0.6) is 5.88 Å². The Bertz CT molecular complexity index is 804. The van der Waals surface area contributed by atoms with Crippen LogP contribution in [-0.4, -0.2) is 10.2 Å². The fraction of sp³-hybridized carbons (Fsp3) is 0.143.